The van der Waals surface area contributed by atoms with Crippen molar-refractivity contribution in [1.82, 2.24) is 24.8 Å². The van der Waals surface area contributed by atoms with Crippen molar-refractivity contribution in [3.05, 3.63) is 54.4 Å². The number of aromatic nitrogens is 3. The van der Waals surface area contributed by atoms with E-state index in [0.29, 0.717) is 12.1 Å². The Balaban J connectivity index is 1.48. The molecule has 2 aliphatic heterocycles. The Morgan fingerprint density at radius 1 is 1.28 bits per heavy atom. The van der Waals surface area contributed by atoms with Gasteiger partial charge in [0.1, 0.15) is 6.33 Å². The summed E-state index contributed by atoms with van der Waals surface area (Å²) in [5, 5.41) is 0. The molecule has 0 unspecified atom stereocenters. The maximum Gasteiger partial charge on any atom is 0.115 e. The molecule has 2 aromatic heterocycles. The summed E-state index contributed by atoms with van der Waals surface area (Å²) in [6, 6.07) is 7.01. The third-order valence-electron chi connectivity index (χ3n) is 5.31. The largest absolute Gasteiger partial charge is 0.375 e. The maximum absolute atomic E-state index is 6.21. The van der Waals surface area contributed by atoms with Gasteiger partial charge in [-0.25, -0.2) is 9.97 Å². The average Bonchev–Trinajstić information content (AvgIpc) is 3.02. The van der Waals surface area contributed by atoms with Crippen LogP contribution in [0, 0.1) is 0 Å². The monoisotopic (exact) mass is 339 g/mol. The Hall–Kier alpha value is -1.89. The van der Waals surface area contributed by atoms with Crippen LogP contribution in [0.3, 0.4) is 0 Å². The summed E-state index contributed by atoms with van der Waals surface area (Å²) in [4.78, 5) is 17.7. The number of fused-ring (bicyclic) bond motifs is 1. The Morgan fingerprint density at radius 3 is 2.96 bits per heavy atom. The van der Waals surface area contributed by atoms with Crippen LogP contribution in [-0.2, 0) is 17.8 Å². The highest BCUT2D eigenvalue weighted by molar-refractivity contribution is 5.09. The van der Waals surface area contributed by atoms with Gasteiger partial charge in [-0.3, -0.25) is 14.8 Å². The van der Waals surface area contributed by atoms with Gasteiger partial charge in [-0.15, -0.1) is 0 Å². The van der Waals surface area contributed by atoms with E-state index in [0.717, 1.165) is 43.9 Å². The predicted molar refractivity (Wildman–Crippen MR) is 94.7 cm³/mol. The van der Waals surface area contributed by atoms with E-state index < -0.39 is 0 Å². The lowest BCUT2D eigenvalue weighted by Gasteiger charge is -2.34. The minimum absolute atomic E-state index is 0.270. The molecule has 2 aromatic rings. The van der Waals surface area contributed by atoms with Crippen molar-refractivity contribution in [3.63, 3.8) is 0 Å². The Morgan fingerprint density at radius 2 is 2.16 bits per heavy atom. The van der Waals surface area contributed by atoms with E-state index in [1.807, 2.05) is 24.7 Å². The lowest BCUT2D eigenvalue weighted by Crippen LogP contribution is -2.46. The topological polar surface area (TPSA) is 54.4 Å². The number of hydrogen-bond donors (Lipinski definition) is 0. The van der Waals surface area contributed by atoms with Gasteiger partial charge in [-0.05, 0) is 32.0 Å². The Kier molecular flexibility index (Phi) is 5.01. The van der Waals surface area contributed by atoms with Gasteiger partial charge in [-0.2, -0.15) is 0 Å². The van der Waals surface area contributed by atoms with E-state index in [4.69, 9.17) is 4.74 Å². The fourth-order valence-corrected chi connectivity index (χ4v) is 4.11. The third kappa shape index (κ3) is 3.71. The molecule has 132 valence electrons. The maximum atomic E-state index is 6.21. The number of ether oxygens (including phenoxy) is 1. The molecule has 4 rings (SSSR count). The van der Waals surface area contributed by atoms with Gasteiger partial charge in [0.2, 0.25) is 0 Å². The summed E-state index contributed by atoms with van der Waals surface area (Å²) < 4.78 is 6.21. The number of likely N-dealkylation sites (tertiary alicyclic amines) is 1. The lowest BCUT2D eigenvalue weighted by molar-refractivity contribution is -0.0386. The smallest absolute Gasteiger partial charge is 0.115 e. The Labute approximate surface area is 148 Å². The second-order valence-electron chi connectivity index (χ2n) is 7.02. The van der Waals surface area contributed by atoms with Gasteiger partial charge >= 0.3 is 0 Å². The van der Waals surface area contributed by atoms with Crippen LogP contribution in [0.2, 0.25) is 0 Å². The molecule has 0 amide bonds. The molecule has 0 spiro atoms. The fourth-order valence-electron chi connectivity index (χ4n) is 4.11. The second kappa shape index (κ2) is 7.56. The molecule has 0 N–H and O–H groups in total. The molecule has 2 fully saturated rings. The molecule has 3 atom stereocenters. The summed E-state index contributed by atoms with van der Waals surface area (Å²) >= 11 is 0. The number of hydrogen-bond acceptors (Lipinski definition) is 6. The molecule has 25 heavy (non-hydrogen) atoms. The zero-order chi connectivity index (χ0) is 17.1. The van der Waals surface area contributed by atoms with Crippen LogP contribution in [0.4, 0.5) is 0 Å². The number of nitrogens with zero attached hydrogens (tertiary/aromatic N) is 5. The van der Waals surface area contributed by atoms with Gasteiger partial charge in [0.25, 0.3) is 0 Å². The average molecular weight is 339 g/mol. The summed E-state index contributed by atoms with van der Waals surface area (Å²) in [5.41, 5.74) is 2.27. The minimum Gasteiger partial charge on any atom is -0.375 e. The first-order valence-corrected chi connectivity index (χ1v) is 9.01. The summed E-state index contributed by atoms with van der Waals surface area (Å²) in [6.45, 7) is 3.62. The van der Waals surface area contributed by atoms with Crippen molar-refractivity contribution in [2.45, 2.75) is 44.1 Å². The Bertz CT molecular complexity index is 668. The minimum atomic E-state index is 0.270. The van der Waals surface area contributed by atoms with E-state index in [9.17, 15) is 0 Å². The normalized spacial score (nSPS) is 26.7. The quantitative estimate of drug-likeness (QED) is 0.827. The number of likely N-dealkylation sites (N-methyl/N-ethyl adjacent to an activating group) is 1. The van der Waals surface area contributed by atoms with Crippen LogP contribution in [0.15, 0.2) is 43.1 Å². The summed E-state index contributed by atoms with van der Waals surface area (Å²) in [7, 11) is 2.18. The molecule has 4 heterocycles. The van der Waals surface area contributed by atoms with Crippen molar-refractivity contribution in [3.8, 4) is 0 Å². The highest BCUT2D eigenvalue weighted by Gasteiger charge is 2.45. The van der Waals surface area contributed by atoms with Gasteiger partial charge < -0.3 is 4.74 Å². The second-order valence-corrected chi connectivity index (χ2v) is 7.02. The molecule has 0 radical (unpaired) electrons. The molecule has 2 saturated heterocycles. The molecular formula is C19H25N5O. The summed E-state index contributed by atoms with van der Waals surface area (Å²) in [5.74, 6) is 0. The van der Waals surface area contributed by atoms with E-state index >= 15 is 0 Å². The van der Waals surface area contributed by atoms with Gasteiger partial charge in [0.15, 0.2) is 0 Å². The van der Waals surface area contributed by atoms with Crippen molar-refractivity contribution < 1.29 is 4.74 Å². The molecule has 0 bridgehead atoms. The summed E-state index contributed by atoms with van der Waals surface area (Å²) in [6.07, 6.45) is 9.85. The van der Waals surface area contributed by atoms with E-state index in [2.05, 4.69) is 43.9 Å². The first-order chi connectivity index (χ1) is 12.3. The van der Waals surface area contributed by atoms with Crippen LogP contribution in [0.25, 0.3) is 0 Å². The molecule has 2 aliphatic rings. The highest BCUT2D eigenvalue weighted by Crippen LogP contribution is 2.32. The van der Waals surface area contributed by atoms with Gasteiger partial charge in [0.05, 0.1) is 17.8 Å². The lowest BCUT2D eigenvalue weighted by atomic mass is 10.00. The van der Waals surface area contributed by atoms with Crippen molar-refractivity contribution in [2.75, 3.05) is 20.2 Å². The molecule has 0 aromatic carbocycles. The molecule has 6 nitrogen and oxygen atoms in total. The van der Waals surface area contributed by atoms with Gasteiger partial charge in [0, 0.05) is 56.4 Å². The zero-order valence-electron chi connectivity index (χ0n) is 14.7. The van der Waals surface area contributed by atoms with Crippen LogP contribution in [0.1, 0.15) is 24.1 Å². The number of pyridine rings is 1. The zero-order valence-corrected chi connectivity index (χ0v) is 14.7. The van der Waals surface area contributed by atoms with Crippen molar-refractivity contribution >= 4 is 0 Å². The van der Waals surface area contributed by atoms with E-state index in [1.54, 1.807) is 6.33 Å². The van der Waals surface area contributed by atoms with Crippen LogP contribution >= 0.6 is 0 Å². The first kappa shape index (κ1) is 16.6. The standard InChI is InChI=1S/C19H25N5O/c1-23(11-15-9-20-14-21-10-15)18-13-24(12-16-5-2-3-7-22-16)17-6-4-8-25-19(17)18/h2-3,5,7,9-10,14,17-19H,4,6,8,11-13H2,1H3/t17-,18-,19+/m1/s1. The molecule has 0 saturated carbocycles. The predicted octanol–water partition coefficient (Wildman–Crippen LogP) is 1.74. The van der Waals surface area contributed by atoms with Crippen LogP contribution in [0.5, 0.6) is 0 Å². The first-order valence-electron chi connectivity index (χ1n) is 9.01. The molecule has 0 aliphatic carbocycles. The van der Waals surface area contributed by atoms with Crippen LogP contribution < -0.4 is 0 Å². The third-order valence-corrected chi connectivity index (χ3v) is 5.31. The van der Waals surface area contributed by atoms with Crippen LogP contribution in [-0.4, -0.2) is 63.1 Å². The van der Waals surface area contributed by atoms with Crippen molar-refractivity contribution in [1.29, 1.82) is 0 Å². The highest BCUT2D eigenvalue weighted by atomic mass is 16.5. The number of rotatable bonds is 5. The van der Waals surface area contributed by atoms with E-state index in [-0.39, 0.29) is 6.10 Å². The van der Waals surface area contributed by atoms with Gasteiger partial charge in [-0.1, -0.05) is 6.07 Å². The molecule has 6 heteroatoms. The molecular weight excluding hydrogens is 314 g/mol. The SMILES string of the molecule is CN(Cc1cncnc1)[C@@H]1CN(Cc2ccccn2)[C@@H]2CCCO[C@H]12. The fraction of sp³-hybridized carbons (Fsp3) is 0.526. The van der Waals surface area contributed by atoms with E-state index in [1.165, 1.54) is 6.42 Å². The van der Waals surface area contributed by atoms with Crippen molar-refractivity contribution in [2.24, 2.45) is 0 Å².